The summed E-state index contributed by atoms with van der Waals surface area (Å²) in [5.41, 5.74) is 5.35. The average molecular weight is 785 g/mol. The van der Waals surface area contributed by atoms with Gasteiger partial charge in [-0.2, -0.15) is 0 Å². The lowest BCUT2D eigenvalue weighted by Crippen LogP contribution is -2.46. The van der Waals surface area contributed by atoms with Crippen LogP contribution in [-0.2, 0) is 18.4 Å². The highest BCUT2D eigenvalue weighted by Crippen LogP contribution is 2.43. The van der Waals surface area contributed by atoms with Gasteiger partial charge in [0.1, 0.15) is 0 Å². The number of unbranched alkanes of at least 4 members (excludes halogenated alkanes) is 23. The molecule has 0 heterocycles. The summed E-state index contributed by atoms with van der Waals surface area (Å²) < 4.78 is 22.0. The molecule has 0 aromatic heterocycles. The second kappa shape index (κ2) is 39.9. The molecule has 0 aromatic carbocycles. The van der Waals surface area contributed by atoms with Crippen LogP contribution in [0.15, 0.2) is 36.5 Å². The molecule has 54 heavy (non-hydrogen) atoms. The molecule has 318 valence electrons. The number of nitrogens with one attached hydrogen (secondary N) is 1. The number of phosphoric ester groups is 1. The molecule has 10 heteroatoms. The largest absolute Gasteiger partial charge is 0.472 e. The second-order valence-corrected chi connectivity index (χ2v) is 16.5. The van der Waals surface area contributed by atoms with E-state index in [0.717, 1.165) is 44.9 Å². The van der Waals surface area contributed by atoms with Crippen LogP contribution in [0.25, 0.3) is 0 Å². The molecule has 9 nitrogen and oxygen atoms in total. The van der Waals surface area contributed by atoms with Gasteiger partial charge >= 0.3 is 7.82 Å². The van der Waals surface area contributed by atoms with E-state index in [0.29, 0.717) is 12.8 Å². The third-order valence-corrected chi connectivity index (χ3v) is 10.7. The molecule has 4 unspecified atom stereocenters. The standard InChI is InChI=1S/C44H85N2O7P/c1-3-5-7-9-11-13-15-16-17-18-19-20-21-22-23-24-26-27-29-31-33-35-41(47)39-44(49)46-42(40-53-54(50,51)52-38-37-45)43(48)36-34-32-30-28-25-14-12-10-8-6-4-2/h22-23,25,28,34,36,41-43,47-48H,3-21,24,26-27,29-33,35,37-40,45H2,1-2H3,(H,46,49)(H,50,51)/b23-22-,28-25+,36-34+. The molecule has 1 amide bonds. The van der Waals surface area contributed by atoms with E-state index in [1.165, 1.54) is 122 Å². The molecule has 0 spiro atoms. The number of carbonyl (C=O) groups excluding carboxylic acids is 1. The molecule has 0 saturated carbocycles. The van der Waals surface area contributed by atoms with Crippen molar-refractivity contribution in [3.05, 3.63) is 36.5 Å². The van der Waals surface area contributed by atoms with E-state index in [1.54, 1.807) is 6.08 Å². The Bertz CT molecular complexity index is 961. The summed E-state index contributed by atoms with van der Waals surface area (Å²) in [5, 5.41) is 24.0. The number of nitrogens with two attached hydrogens (primary N) is 1. The Balaban J connectivity index is 4.23. The third kappa shape index (κ3) is 37.6. The van der Waals surface area contributed by atoms with Gasteiger partial charge in [-0.05, 0) is 57.8 Å². The van der Waals surface area contributed by atoms with Crippen LogP contribution in [0, 0.1) is 0 Å². The first kappa shape index (κ1) is 52.7. The number of hydrogen-bond donors (Lipinski definition) is 5. The Morgan fingerprint density at radius 3 is 1.54 bits per heavy atom. The summed E-state index contributed by atoms with van der Waals surface area (Å²) in [4.78, 5) is 22.7. The van der Waals surface area contributed by atoms with Gasteiger partial charge in [-0.15, -0.1) is 0 Å². The van der Waals surface area contributed by atoms with Crippen molar-refractivity contribution in [2.75, 3.05) is 19.8 Å². The molecule has 0 saturated heterocycles. The van der Waals surface area contributed by atoms with Gasteiger partial charge in [0, 0.05) is 6.54 Å². The lowest BCUT2D eigenvalue weighted by molar-refractivity contribution is -0.124. The second-order valence-electron chi connectivity index (χ2n) is 15.1. The van der Waals surface area contributed by atoms with Crippen molar-refractivity contribution in [2.45, 2.75) is 218 Å². The maximum atomic E-state index is 12.8. The molecule has 0 aliphatic heterocycles. The van der Waals surface area contributed by atoms with Crippen molar-refractivity contribution in [2.24, 2.45) is 5.73 Å². The van der Waals surface area contributed by atoms with Crippen LogP contribution in [0.4, 0.5) is 0 Å². The minimum Gasteiger partial charge on any atom is -0.393 e. The van der Waals surface area contributed by atoms with E-state index in [2.05, 4.69) is 43.5 Å². The lowest BCUT2D eigenvalue weighted by atomic mass is 10.0. The Kier molecular flexibility index (Phi) is 38.9. The number of carbonyl (C=O) groups is 1. The topological polar surface area (TPSA) is 151 Å². The van der Waals surface area contributed by atoms with E-state index in [9.17, 15) is 24.5 Å². The van der Waals surface area contributed by atoms with Gasteiger partial charge in [0.2, 0.25) is 5.91 Å². The highest BCUT2D eigenvalue weighted by Gasteiger charge is 2.27. The normalized spacial score (nSPS) is 15.0. The first-order valence-corrected chi connectivity index (χ1v) is 23.7. The molecule has 0 aromatic rings. The quantitative estimate of drug-likeness (QED) is 0.0233. The number of aliphatic hydroxyl groups is 2. The van der Waals surface area contributed by atoms with Crippen molar-refractivity contribution in [1.82, 2.24) is 5.32 Å². The minimum atomic E-state index is -4.40. The van der Waals surface area contributed by atoms with Crippen molar-refractivity contribution in [1.29, 1.82) is 0 Å². The van der Waals surface area contributed by atoms with Crippen molar-refractivity contribution >= 4 is 13.7 Å². The van der Waals surface area contributed by atoms with Crippen molar-refractivity contribution in [3.8, 4) is 0 Å². The minimum absolute atomic E-state index is 0.0432. The predicted molar refractivity (Wildman–Crippen MR) is 227 cm³/mol. The predicted octanol–water partition coefficient (Wildman–Crippen LogP) is 11.3. The summed E-state index contributed by atoms with van der Waals surface area (Å²) in [6, 6.07) is -1.000. The highest BCUT2D eigenvalue weighted by atomic mass is 31.2. The van der Waals surface area contributed by atoms with E-state index in [-0.39, 0.29) is 19.6 Å². The fraction of sp³-hybridized carbons (Fsp3) is 0.841. The SMILES string of the molecule is CCCCCCC/C=C/CC/C=C/C(O)C(COP(=O)(O)OCCN)NC(=O)CC(O)CCCCCCC/C=C\CCCCCCCCCCCCCC. The molecule has 0 rings (SSSR count). The van der Waals surface area contributed by atoms with Crippen LogP contribution < -0.4 is 11.1 Å². The van der Waals surface area contributed by atoms with Crippen LogP contribution in [0.3, 0.4) is 0 Å². The number of hydrogen-bond acceptors (Lipinski definition) is 7. The van der Waals surface area contributed by atoms with Gasteiger partial charge in [0.25, 0.3) is 0 Å². The fourth-order valence-electron chi connectivity index (χ4n) is 6.36. The molecule has 0 radical (unpaired) electrons. The number of amides is 1. The fourth-order valence-corrected chi connectivity index (χ4v) is 7.12. The van der Waals surface area contributed by atoms with Crippen molar-refractivity contribution in [3.63, 3.8) is 0 Å². The zero-order valence-corrected chi connectivity index (χ0v) is 35.7. The van der Waals surface area contributed by atoms with Gasteiger partial charge < -0.3 is 26.2 Å². The Labute approximate surface area is 332 Å². The Morgan fingerprint density at radius 1 is 0.630 bits per heavy atom. The zero-order chi connectivity index (χ0) is 39.8. The third-order valence-electron chi connectivity index (χ3n) is 9.74. The highest BCUT2D eigenvalue weighted by molar-refractivity contribution is 7.47. The van der Waals surface area contributed by atoms with Crippen LogP contribution in [0.2, 0.25) is 0 Å². The number of allylic oxidation sites excluding steroid dienone is 5. The van der Waals surface area contributed by atoms with Gasteiger partial charge in [-0.1, -0.05) is 172 Å². The van der Waals surface area contributed by atoms with Crippen molar-refractivity contribution < 1.29 is 33.5 Å². The molecular weight excluding hydrogens is 699 g/mol. The van der Waals surface area contributed by atoms with E-state index in [1.807, 2.05) is 6.08 Å². The van der Waals surface area contributed by atoms with Crippen LogP contribution in [-0.4, -0.2) is 59.0 Å². The van der Waals surface area contributed by atoms with Gasteiger partial charge in [0.05, 0.1) is 37.9 Å². The average Bonchev–Trinajstić information content (AvgIpc) is 3.15. The van der Waals surface area contributed by atoms with Gasteiger partial charge in [-0.25, -0.2) is 4.57 Å². The van der Waals surface area contributed by atoms with Gasteiger partial charge in [0.15, 0.2) is 0 Å². The first-order valence-electron chi connectivity index (χ1n) is 22.2. The Hall–Kier alpha value is -1.32. The zero-order valence-electron chi connectivity index (χ0n) is 34.8. The summed E-state index contributed by atoms with van der Waals surface area (Å²) in [6.45, 7) is 3.92. The van der Waals surface area contributed by atoms with Crippen LogP contribution >= 0.6 is 7.82 Å². The van der Waals surface area contributed by atoms with Crippen LogP contribution in [0.5, 0.6) is 0 Å². The molecule has 4 atom stereocenters. The summed E-state index contributed by atoms with van der Waals surface area (Å²) in [7, 11) is -4.40. The molecule has 6 N–H and O–H groups in total. The molecule has 0 fully saturated rings. The maximum absolute atomic E-state index is 12.8. The summed E-state index contributed by atoms with van der Waals surface area (Å²) in [6.07, 6.45) is 43.9. The number of phosphoric acid groups is 1. The summed E-state index contributed by atoms with van der Waals surface area (Å²) >= 11 is 0. The molecular formula is C44H85N2O7P. The summed E-state index contributed by atoms with van der Waals surface area (Å²) in [5.74, 6) is -0.462. The number of aliphatic hydroxyl groups excluding tert-OH is 2. The smallest absolute Gasteiger partial charge is 0.393 e. The Morgan fingerprint density at radius 2 is 1.06 bits per heavy atom. The monoisotopic (exact) mass is 785 g/mol. The first-order chi connectivity index (χ1) is 26.3. The van der Waals surface area contributed by atoms with Crippen LogP contribution in [0.1, 0.15) is 200 Å². The van der Waals surface area contributed by atoms with E-state index < -0.39 is 38.6 Å². The van der Waals surface area contributed by atoms with E-state index >= 15 is 0 Å². The van der Waals surface area contributed by atoms with Gasteiger partial charge in [-0.3, -0.25) is 13.8 Å². The molecule has 0 aliphatic carbocycles. The van der Waals surface area contributed by atoms with E-state index in [4.69, 9.17) is 14.8 Å². The molecule has 0 aliphatic rings. The maximum Gasteiger partial charge on any atom is 0.472 e. The number of rotatable bonds is 41. The lowest BCUT2D eigenvalue weighted by Gasteiger charge is -2.24. The molecule has 0 bridgehead atoms.